The van der Waals surface area contributed by atoms with Gasteiger partial charge in [-0.2, -0.15) is 0 Å². The average molecular weight is 332 g/mol. The summed E-state index contributed by atoms with van der Waals surface area (Å²) in [5.41, 5.74) is 0. The van der Waals surface area contributed by atoms with Crippen molar-refractivity contribution in [2.75, 3.05) is 19.0 Å². The van der Waals surface area contributed by atoms with Crippen molar-refractivity contribution in [1.82, 2.24) is 4.90 Å². The molecule has 0 spiro atoms. The van der Waals surface area contributed by atoms with Crippen LogP contribution in [0.25, 0.3) is 0 Å². The average Bonchev–Trinajstić information content (AvgIpc) is 3.00. The number of esters is 1. The van der Waals surface area contributed by atoms with Crippen molar-refractivity contribution in [1.29, 1.82) is 0 Å². The fourth-order valence-corrected chi connectivity index (χ4v) is 2.99. The summed E-state index contributed by atoms with van der Waals surface area (Å²) in [5, 5.41) is 0. The summed E-state index contributed by atoms with van der Waals surface area (Å²) in [6.07, 6.45) is 9.40. The molecule has 0 aromatic rings. The molecular weight excluding hydrogens is 302 g/mol. The van der Waals surface area contributed by atoms with Crippen LogP contribution in [0.1, 0.15) is 71.1 Å². The number of amides is 1. The Hall–Kier alpha value is -0.770. The van der Waals surface area contributed by atoms with Crippen molar-refractivity contribution >= 4 is 23.5 Å². The highest BCUT2D eigenvalue weighted by atomic mass is 35.5. The number of alkyl halides is 1. The molecule has 1 aliphatic rings. The normalized spacial score (nSPS) is 17.7. The lowest BCUT2D eigenvalue weighted by molar-refractivity contribution is -0.153. The Labute approximate surface area is 139 Å². The first-order valence-electron chi connectivity index (χ1n) is 8.72. The highest BCUT2D eigenvalue weighted by Gasteiger charge is 2.34. The molecule has 4 nitrogen and oxygen atoms in total. The predicted octanol–water partition coefficient (Wildman–Crippen LogP) is 3.90. The lowest BCUT2D eigenvalue weighted by atomic mass is 10.1. The summed E-state index contributed by atoms with van der Waals surface area (Å²) >= 11 is 5.63. The number of hydrogen-bond acceptors (Lipinski definition) is 3. The van der Waals surface area contributed by atoms with Crippen LogP contribution in [-0.4, -0.2) is 41.8 Å². The molecule has 0 aromatic carbocycles. The maximum Gasteiger partial charge on any atom is 0.328 e. The Balaban J connectivity index is 2.26. The molecule has 1 fully saturated rings. The Bertz CT molecular complexity index is 336. The molecule has 1 saturated heterocycles. The molecular formula is C17H30ClNO3. The third kappa shape index (κ3) is 6.99. The van der Waals surface area contributed by atoms with E-state index in [4.69, 9.17) is 16.3 Å². The lowest BCUT2D eigenvalue weighted by Gasteiger charge is -2.23. The number of rotatable bonds is 11. The van der Waals surface area contributed by atoms with Gasteiger partial charge in [0, 0.05) is 18.8 Å². The van der Waals surface area contributed by atoms with Crippen LogP contribution in [-0.2, 0) is 14.3 Å². The molecule has 0 bridgehead atoms. The molecule has 0 aliphatic carbocycles. The van der Waals surface area contributed by atoms with E-state index in [0.717, 1.165) is 38.5 Å². The topological polar surface area (TPSA) is 46.6 Å². The first-order chi connectivity index (χ1) is 10.7. The molecule has 5 heteroatoms. The number of hydrogen-bond donors (Lipinski definition) is 0. The number of carbonyl (C=O) groups is 2. The van der Waals surface area contributed by atoms with Gasteiger partial charge >= 0.3 is 5.97 Å². The number of halogens is 1. The van der Waals surface area contributed by atoms with Gasteiger partial charge in [0.15, 0.2) is 0 Å². The van der Waals surface area contributed by atoms with E-state index >= 15 is 0 Å². The Morgan fingerprint density at radius 3 is 2.64 bits per heavy atom. The van der Waals surface area contributed by atoms with E-state index in [1.165, 1.54) is 19.3 Å². The molecule has 1 amide bonds. The number of carbonyl (C=O) groups excluding carboxylic acids is 2. The molecule has 1 atom stereocenters. The van der Waals surface area contributed by atoms with Gasteiger partial charge in [-0.1, -0.05) is 32.6 Å². The number of ether oxygens (including phenoxy) is 1. The van der Waals surface area contributed by atoms with Crippen LogP contribution in [0.4, 0.5) is 0 Å². The summed E-state index contributed by atoms with van der Waals surface area (Å²) in [6, 6.07) is -0.362. The number of likely N-dealkylation sites (tertiary alicyclic amines) is 1. The third-order valence-corrected chi connectivity index (χ3v) is 4.38. The fourth-order valence-electron chi connectivity index (χ4n) is 2.80. The minimum Gasteiger partial charge on any atom is -0.464 e. The van der Waals surface area contributed by atoms with Gasteiger partial charge in [-0.15, -0.1) is 11.6 Å². The second-order valence-electron chi connectivity index (χ2n) is 5.97. The maximum absolute atomic E-state index is 12.2. The largest absolute Gasteiger partial charge is 0.464 e. The summed E-state index contributed by atoms with van der Waals surface area (Å²) in [7, 11) is 0. The zero-order valence-electron chi connectivity index (χ0n) is 13.8. The molecule has 0 N–H and O–H groups in total. The van der Waals surface area contributed by atoms with E-state index in [-0.39, 0.29) is 17.9 Å². The molecule has 0 aromatic heterocycles. The first kappa shape index (κ1) is 19.3. The Kier molecular flexibility index (Phi) is 10.3. The third-order valence-electron chi connectivity index (χ3n) is 4.11. The molecule has 1 unspecified atom stereocenters. The van der Waals surface area contributed by atoms with Crippen LogP contribution in [0.3, 0.4) is 0 Å². The lowest BCUT2D eigenvalue weighted by Crippen LogP contribution is -2.41. The zero-order valence-corrected chi connectivity index (χ0v) is 14.6. The molecule has 0 radical (unpaired) electrons. The molecule has 1 heterocycles. The van der Waals surface area contributed by atoms with Crippen molar-refractivity contribution in [3.8, 4) is 0 Å². The molecule has 1 rings (SSSR count). The highest BCUT2D eigenvalue weighted by Crippen LogP contribution is 2.20. The van der Waals surface area contributed by atoms with Crippen LogP contribution >= 0.6 is 11.6 Å². The Morgan fingerprint density at radius 1 is 1.14 bits per heavy atom. The van der Waals surface area contributed by atoms with E-state index < -0.39 is 0 Å². The van der Waals surface area contributed by atoms with Crippen LogP contribution in [0.15, 0.2) is 0 Å². The van der Waals surface area contributed by atoms with Gasteiger partial charge in [0.25, 0.3) is 0 Å². The van der Waals surface area contributed by atoms with Gasteiger partial charge in [0.05, 0.1) is 6.61 Å². The van der Waals surface area contributed by atoms with E-state index in [1.54, 1.807) is 4.90 Å². The highest BCUT2D eigenvalue weighted by molar-refractivity contribution is 6.17. The van der Waals surface area contributed by atoms with Gasteiger partial charge in [0.2, 0.25) is 5.91 Å². The van der Waals surface area contributed by atoms with E-state index in [9.17, 15) is 9.59 Å². The van der Waals surface area contributed by atoms with Gasteiger partial charge in [-0.25, -0.2) is 4.79 Å². The summed E-state index contributed by atoms with van der Waals surface area (Å²) in [5.74, 6) is 0.419. The second kappa shape index (κ2) is 11.8. The van der Waals surface area contributed by atoms with Crippen LogP contribution in [0.2, 0.25) is 0 Å². The summed E-state index contributed by atoms with van der Waals surface area (Å²) in [4.78, 5) is 26.0. The van der Waals surface area contributed by atoms with Crippen LogP contribution < -0.4 is 0 Å². The quantitative estimate of drug-likeness (QED) is 0.328. The van der Waals surface area contributed by atoms with Gasteiger partial charge in [-0.3, -0.25) is 4.79 Å². The van der Waals surface area contributed by atoms with Crippen molar-refractivity contribution in [2.24, 2.45) is 0 Å². The van der Waals surface area contributed by atoms with Gasteiger partial charge in [-0.05, 0) is 32.1 Å². The van der Waals surface area contributed by atoms with Crippen molar-refractivity contribution < 1.29 is 14.3 Å². The van der Waals surface area contributed by atoms with Crippen LogP contribution in [0, 0.1) is 0 Å². The number of nitrogens with zero attached hydrogens (tertiary/aromatic N) is 1. The SMILES string of the molecule is CCCCCCCOC(=O)C1CCCN1C(=O)CCCCCl. The predicted molar refractivity (Wildman–Crippen MR) is 89.0 cm³/mol. The molecule has 0 saturated carbocycles. The molecule has 128 valence electrons. The minimum atomic E-state index is -0.362. The fraction of sp³-hybridized carbons (Fsp3) is 0.882. The van der Waals surface area contributed by atoms with E-state index in [0.29, 0.717) is 25.5 Å². The van der Waals surface area contributed by atoms with Gasteiger partial charge < -0.3 is 9.64 Å². The first-order valence-corrected chi connectivity index (χ1v) is 9.26. The molecule has 1 aliphatic heterocycles. The number of unbranched alkanes of at least 4 members (excludes halogenated alkanes) is 5. The summed E-state index contributed by atoms with van der Waals surface area (Å²) in [6.45, 7) is 3.34. The van der Waals surface area contributed by atoms with Crippen molar-refractivity contribution in [2.45, 2.75) is 77.2 Å². The second-order valence-corrected chi connectivity index (χ2v) is 6.35. The van der Waals surface area contributed by atoms with E-state index in [2.05, 4.69) is 6.92 Å². The summed E-state index contributed by atoms with van der Waals surface area (Å²) < 4.78 is 5.36. The Morgan fingerprint density at radius 2 is 1.91 bits per heavy atom. The van der Waals surface area contributed by atoms with E-state index in [1.807, 2.05) is 0 Å². The monoisotopic (exact) mass is 331 g/mol. The van der Waals surface area contributed by atoms with Crippen molar-refractivity contribution in [3.05, 3.63) is 0 Å². The maximum atomic E-state index is 12.2. The zero-order chi connectivity index (χ0) is 16.2. The van der Waals surface area contributed by atoms with Crippen molar-refractivity contribution in [3.63, 3.8) is 0 Å². The van der Waals surface area contributed by atoms with Gasteiger partial charge in [0.1, 0.15) is 6.04 Å². The minimum absolute atomic E-state index is 0.0625. The smallest absolute Gasteiger partial charge is 0.328 e. The molecule has 22 heavy (non-hydrogen) atoms. The van der Waals surface area contributed by atoms with Crippen LogP contribution in [0.5, 0.6) is 0 Å². The standard InChI is InChI=1S/C17H30ClNO3/c1-2-3-4-5-8-14-22-17(21)15-10-9-13-19(15)16(20)11-6-7-12-18/h15H,2-14H2,1H3.